The van der Waals surface area contributed by atoms with E-state index in [1.165, 1.54) is 42.5 Å². The number of halogens is 3. The summed E-state index contributed by atoms with van der Waals surface area (Å²) in [7, 11) is 0. The molecular formula is C15H12ClF2N3O4. The number of benzene rings is 2. The van der Waals surface area contributed by atoms with Gasteiger partial charge in [0, 0.05) is 23.5 Å². The molecule has 0 radical (unpaired) electrons. The zero-order chi connectivity index (χ0) is 18.4. The molecule has 0 bridgehead atoms. The Hall–Kier alpha value is -2.94. The molecule has 0 heterocycles. The molecule has 0 aromatic heterocycles. The molecule has 0 fully saturated rings. The minimum atomic E-state index is -2.99. The van der Waals surface area contributed by atoms with Crippen LogP contribution in [0.25, 0.3) is 0 Å². The van der Waals surface area contributed by atoms with E-state index in [4.69, 9.17) is 11.6 Å². The van der Waals surface area contributed by atoms with E-state index in [-0.39, 0.29) is 28.7 Å². The average molecular weight is 372 g/mol. The Morgan fingerprint density at radius 3 is 2.64 bits per heavy atom. The second-order valence-corrected chi connectivity index (χ2v) is 5.14. The molecule has 2 N–H and O–H groups in total. The van der Waals surface area contributed by atoms with Crippen LogP contribution in [0.1, 0.15) is 0 Å². The fraction of sp³-hybridized carbons (Fsp3) is 0.133. The quantitative estimate of drug-likeness (QED) is 0.568. The molecule has 0 aliphatic heterocycles. The minimum absolute atomic E-state index is 0.0376. The number of rotatable bonds is 7. The minimum Gasteiger partial charge on any atom is -0.433 e. The molecule has 132 valence electrons. The lowest BCUT2D eigenvalue weighted by Gasteiger charge is -2.10. The number of alkyl halides is 2. The van der Waals surface area contributed by atoms with Crippen molar-refractivity contribution in [2.75, 3.05) is 17.2 Å². The van der Waals surface area contributed by atoms with Crippen molar-refractivity contribution in [3.8, 4) is 5.75 Å². The van der Waals surface area contributed by atoms with E-state index in [9.17, 15) is 23.7 Å². The highest BCUT2D eigenvalue weighted by Gasteiger charge is 2.10. The second-order valence-electron chi connectivity index (χ2n) is 4.73. The van der Waals surface area contributed by atoms with Crippen LogP contribution in [0.4, 0.5) is 25.8 Å². The standard InChI is InChI=1S/C15H12ClF2N3O4/c16-12-7-9(4-5-13(12)25-15(17)18)19-8-14(22)20-10-2-1-3-11(6-10)21(23)24/h1-7,15,19H,8H2,(H,20,22). The Kier molecular flexibility index (Phi) is 6.07. The number of non-ortho nitro benzene ring substituents is 1. The smallest absolute Gasteiger partial charge is 0.387 e. The maximum Gasteiger partial charge on any atom is 0.387 e. The normalized spacial score (nSPS) is 10.4. The van der Waals surface area contributed by atoms with Crippen molar-refractivity contribution in [2.24, 2.45) is 0 Å². The summed E-state index contributed by atoms with van der Waals surface area (Å²) in [4.78, 5) is 22.0. The molecule has 0 spiro atoms. The van der Waals surface area contributed by atoms with Crippen molar-refractivity contribution < 1.29 is 23.2 Å². The number of carbonyl (C=O) groups is 1. The van der Waals surface area contributed by atoms with Gasteiger partial charge in [0.2, 0.25) is 5.91 Å². The van der Waals surface area contributed by atoms with Crippen molar-refractivity contribution in [1.82, 2.24) is 0 Å². The first-order valence-corrected chi connectivity index (χ1v) is 7.25. The SMILES string of the molecule is O=C(CNc1ccc(OC(F)F)c(Cl)c1)Nc1cccc([N+](=O)[O-])c1. The van der Waals surface area contributed by atoms with E-state index in [1.54, 1.807) is 0 Å². The van der Waals surface area contributed by atoms with Gasteiger partial charge in [-0.05, 0) is 24.3 Å². The summed E-state index contributed by atoms with van der Waals surface area (Å²) in [5.74, 6) is -0.632. The van der Waals surface area contributed by atoms with Crippen molar-refractivity contribution >= 4 is 34.6 Å². The maximum absolute atomic E-state index is 12.1. The summed E-state index contributed by atoms with van der Waals surface area (Å²) in [6.07, 6.45) is 0. The van der Waals surface area contributed by atoms with Gasteiger partial charge in [-0.15, -0.1) is 0 Å². The number of nitro benzene ring substituents is 1. The van der Waals surface area contributed by atoms with Gasteiger partial charge in [0.05, 0.1) is 16.5 Å². The largest absolute Gasteiger partial charge is 0.433 e. The average Bonchev–Trinajstić information content (AvgIpc) is 2.55. The molecule has 7 nitrogen and oxygen atoms in total. The number of ether oxygens (including phenoxy) is 1. The van der Waals surface area contributed by atoms with Crippen LogP contribution in [0.3, 0.4) is 0 Å². The first kappa shape index (κ1) is 18.4. The number of nitro groups is 1. The molecule has 0 saturated carbocycles. The Morgan fingerprint density at radius 2 is 2.00 bits per heavy atom. The number of anilines is 2. The van der Waals surface area contributed by atoms with E-state index >= 15 is 0 Å². The van der Waals surface area contributed by atoms with Crippen LogP contribution in [-0.4, -0.2) is 24.0 Å². The number of hydrogen-bond acceptors (Lipinski definition) is 5. The van der Waals surface area contributed by atoms with Gasteiger partial charge >= 0.3 is 6.61 Å². The Balaban J connectivity index is 1.92. The van der Waals surface area contributed by atoms with E-state index < -0.39 is 17.4 Å². The summed E-state index contributed by atoms with van der Waals surface area (Å²) in [6.45, 7) is -3.15. The fourth-order valence-electron chi connectivity index (χ4n) is 1.89. The van der Waals surface area contributed by atoms with Crippen molar-refractivity contribution in [2.45, 2.75) is 6.61 Å². The number of amides is 1. The molecule has 2 rings (SSSR count). The Bertz CT molecular complexity index is 789. The predicted molar refractivity (Wildman–Crippen MR) is 88.3 cm³/mol. The molecule has 2 aromatic carbocycles. The first-order valence-electron chi connectivity index (χ1n) is 6.87. The van der Waals surface area contributed by atoms with Gasteiger partial charge in [-0.25, -0.2) is 0 Å². The summed E-state index contributed by atoms with van der Waals surface area (Å²) >= 11 is 5.80. The topological polar surface area (TPSA) is 93.5 Å². The van der Waals surface area contributed by atoms with Crippen LogP contribution >= 0.6 is 11.6 Å². The van der Waals surface area contributed by atoms with Gasteiger partial charge in [0.1, 0.15) is 5.75 Å². The highest BCUT2D eigenvalue weighted by atomic mass is 35.5. The van der Waals surface area contributed by atoms with Crippen LogP contribution in [-0.2, 0) is 4.79 Å². The van der Waals surface area contributed by atoms with E-state index in [0.717, 1.165) is 0 Å². The van der Waals surface area contributed by atoms with Crippen molar-refractivity contribution in [1.29, 1.82) is 0 Å². The molecule has 0 aliphatic rings. The van der Waals surface area contributed by atoms with Gasteiger partial charge in [-0.3, -0.25) is 14.9 Å². The summed E-state index contributed by atoms with van der Waals surface area (Å²) < 4.78 is 28.5. The third kappa shape index (κ3) is 5.57. The lowest BCUT2D eigenvalue weighted by molar-refractivity contribution is -0.384. The number of nitrogens with zero attached hydrogens (tertiary/aromatic N) is 1. The van der Waals surface area contributed by atoms with E-state index in [0.29, 0.717) is 5.69 Å². The predicted octanol–water partition coefficient (Wildman–Crippen LogP) is 3.90. The number of carbonyl (C=O) groups excluding carboxylic acids is 1. The van der Waals surface area contributed by atoms with E-state index in [1.807, 2.05) is 0 Å². The van der Waals surface area contributed by atoms with Gasteiger partial charge in [0.15, 0.2) is 0 Å². The Morgan fingerprint density at radius 1 is 1.24 bits per heavy atom. The lowest BCUT2D eigenvalue weighted by atomic mass is 10.2. The van der Waals surface area contributed by atoms with Gasteiger partial charge < -0.3 is 15.4 Å². The molecule has 25 heavy (non-hydrogen) atoms. The summed E-state index contributed by atoms with van der Waals surface area (Å²) in [6, 6.07) is 9.49. The third-order valence-electron chi connectivity index (χ3n) is 2.94. The zero-order valence-corrected chi connectivity index (χ0v) is 13.3. The van der Waals surface area contributed by atoms with Crippen LogP contribution in [0, 0.1) is 10.1 Å². The van der Waals surface area contributed by atoms with Crippen molar-refractivity contribution in [3.63, 3.8) is 0 Å². The molecule has 0 saturated heterocycles. The highest BCUT2D eigenvalue weighted by molar-refractivity contribution is 6.32. The van der Waals surface area contributed by atoms with Gasteiger partial charge in [-0.2, -0.15) is 8.78 Å². The molecule has 0 unspecified atom stereocenters. The van der Waals surface area contributed by atoms with Gasteiger partial charge in [-0.1, -0.05) is 17.7 Å². The third-order valence-corrected chi connectivity index (χ3v) is 3.24. The number of nitrogens with one attached hydrogen (secondary N) is 2. The summed E-state index contributed by atoms with van der Waals surface area (Å²) in [5, 5.41) is 15.9. The van der Waals surface area contributed by atoms with Crippen LogP contribution in [0.2, 0.25) is 5.02 Å². The van der Waals surface area contributed by atoms with E-state index in [2.05, 4.69) is 15.4 Å². The van der Waals surface area contributed by atoms with Crippen LogP contribution in [0.15, 0.2) is 42.5 Å². The highest BCUT2D eigenvalue weighted by Crippen LogP contribution is 2.28. The molecule has 2 aromatic rings. The molecule has 10 heteroatoms. The van der Waals surface area contributed by atoms with Gasteiger partial charge in [0.25, 0.3) is 5.69 Å². The number of hydrogen-bond donors (Lipinski definition) is 2. The second kappa shape index (κ2) is 8.25. The molecular weight excluding hydrogens is 360 g/mol. The molecule has 0 atom stereocenters. The van der Waals surface area contributed by atoms with Crippen LogP contribution in [0.5, 0.6) is 5.75 Å². The molecule has 0 aliphatic carbocycles. The maximum atomic E-state index is 12.1. The molecule has 1 amide bonds. The fourth-order valence-corrected chi connectivity index (χ4v) is 2.11. The van der Waals surface area contributed by atoms with Crippen LogP contribution < -0.4 is 15.4 Å². The Labute approximate surface area is 145 Å². The van der Waals surface area contributed by atoms with Crippen molar-refractivity contribution in [3.05, 3.63) is 57.6 Å². The zero-order valence-electron chi connectivity index (χ0n) is 12.5. The first-order chi connectivity index (χ1) is 11.8. The monoisotopic (exact) mass is 371 g/mol. The lowest BCUT2D eigenvalue weighted by Crippen LogP contribution is -2.21. The summed E-state index contributed by atoms with van der Waals surface area (Å²) in [5.41, 5.74) is 0.549.